The quantitative estimate of drug-likeness (QED) is 0.226. The fourth-order valence-electron chi connectivity index (χ4n) is 6.54. The maximum atomic E-state index is 13.6. The molecule has 234 valence electrons. The largest absolute Gasteiger partial charge is 0.497 e. The minimum atomic E-state index is -1.22. The van der Waals surface area contributed by atoms with Crippen molar-refractivity contribution in [3.63, 3.8) is 0 Å². The van der Waals surface area contributed by atoms with E-state index in [9.17, 15) is 14.4 Å². The number of carbonyl (C=O) groups is 3. The zero-order valence-electron chi connectivity index (χ0n) is 26.2. The monoisotopic (exact) mass is 609 g/mol. The summed E-state index contributed by atoms with van der Waals surface area (Å²) in [6, 6.07) is 18.3. The van der Waals surface area contributed by atoms with Crippen molar-refractivity contribution in [2.45, 2.75) is 64.0 Å². The van der Waals surface area contributed by atoms with Crippen molar-refractivity contribution >= 4 is 34.4 Å². The zero-order valence-corrected chi connectivity index (χ0v) is 26.2. The highest BCUT2D eigenvalue weighted by atomic mass is 16.5. The normalized spacial score (nSPS) is 14.8. The molecular formula is C36H39N3O6. The summed E-state index contributed by atoms with van der Waals surface area (Å²) in [6.45, 7) is 4.46. The summed E-state index contributed by atoms with van der Waals surface area (Å²) in [7, 11) is 2.97. The van der Waals surface area contributed by atoms with Crippen LogP contribution in [0.3, 0.4) is 0 Å². The molecule has 0 radical (unpaired) electrons. The van der Waals surface area contributed by atoms with Crippen molar-refractivity contribution in [2.75, 3.05) is 26.1 Å². The highest BCUT2D eigenvalue weighted by molar-refractivity contribution is 6.05. The molecule has 9 nitrogen and oxygen atoms in total. The lowest BCUT2D eigenvalue weighted by molar-refractivity contribution is -0.120. The molecule has 1 aliphatic carbocycles. The third-order valence-electron chi connectivity index (χ3n) is 8.95. The van der Waals surface area contributed by atoms with Crippen molar-refractivity contribution in [1.29, 1.82) is 0 Å². The fraction of sp³-hybridized carbons (Fsp3) is 0.361. The van der Waals surface area contributed by atoms with Crippen molar-refractivity contribution in [3.8, 4) is 22.8 Å². The van der Waals surface area contributed by atoms with Crippen LogP contribution in [0, 0.1) is 0 Å². The van der Waals surface area contributed by atoms with Crippen LogP contribution in [-0.2, 0) is 16.1 Å². The molecule has 9 heteroatoms. The Hall–Kier alpha value is -4.79. The van der Waals surface area contributed by atoms with Gasteiger partial charge in [-0.3, -0.25) is 9.59 Å². The number of ether oxygens (including phenoxy) is 3. The second-order valence-electron chi connectivity index (χ2n) is 12.3. The smallest absolute Gasteiger partial charge is 0.337 e. The Labute approximate surface area is 262 Å². The van der Waals surface area contributed by atoms with Gasteiger partial charge in [0.05, 0.1) is 32.0 Å². The maximum absolute atomic E-state index is 13.6. The lowest BCUT2D eigenvalue weighted by Gasteiger charge is -2.25. The third-order valence-corrected chi connectivity index (χ3v) is 8.95. The van der Waals surface area contributed by atoms with Gasteiger partial charge in [0.1, 0.15) is 23.6 Å². The number of hydrogen-bond acceptors (Lipinski definition) is 6. The van der Waals surface area contributed by atoms with Gasteiger partial charge >= 0.3 is 5.97 Å². The van der Waals surface area contributed by atoms with Gasteiger partial charge < -0.3 is 29.4 Å². The van der Waals surface area contributed by atoms with Crippen molar-refractivity contribution in [2.24, 2.45) is 0 Å². The van der Waals surface area contributed by atoms with Crippen LogP contribution in [0.2, 0.25) is 0 Å². The molecule has 2 aliphatic rings. The Morgan fingerprint density at radius 2 is 1.64 bits per heavy atom. The van der Waals surface area contributed by atoms with Gasteiger partial charge in [-0.2, -0.15) is 0 Å². The first-order valence-electron chi connectivity index (χ1n) is 15.5. The number of anilines is 1. The third kappa shape index (κ3) is 5.87. The summed E-state index contributed by atoms with van der Waals surface area (Å²) in [4.78, 5) is 38.6. The molecule has 0 spiro atoms. The molecule has 1 saturated carbocycles. The average Bonchev–Trinajstić information content (AvgIpc) is 3.25. The van der Waals surface area contributed by atoms with Crippen LogP contribution in [0.5, 0.6) is 11.5 Å². The van der Waals surface area contributed by atoms with E-state index in [-0.39, 0.29) is 11.8 Å². The second kappa shape index (κ2) is 12.3. The molecular weight excluding hydrogens is 570 g/mol. The predicted molar refractivity (Wildman–Crippen MR) is 173 cm³/mol. The van der Waals surface area contributed by atoms with E-state index in [0.717, 1.165) is 46.5 Å². The van der Waals surface area contributed by atoms with Crippen LogP contribution in [0.15, 0.2) is 60.7 Å². The highest BCUT2D eigenvalue weighted by Gasteiger charge is 2.32. The van der Waals surface area contributed by atoms with E-state index in [0.29, 0.717) is 35.9 Å². The lowest BCUT2D eigenvalue weighted by atomic mass is 9.81. The number of rotatable bonds is 7. The first kappa shape index (κ1) is 30.2. The Bertz CT molecular complexity index is 1770. The SMILES string of the molecule is COC(=O)c1ccc(NC(=O)C(C)(C)NC(=O)c2ccc3c(C4CCCCC4)c4n(c3c2)CCOc2cc(OC)ccc2-4)cc1. The number of benzene rings is 3. The van der Waals surface area contributed by atoms with Gasteiger partial charge in [-0.05, 0) is 86.7 Å². The topological polar surface area (TPSA) is 108 Å². The van der Waals surface area contributed by atoms with Crippen LogP contribution in [0.1, 0.15) is 78.1 Å². The van der Waals surface area contributed by atoms with Gasteiger partial charge in [-0.25, -0.2) is 4.79 Å². The standard InChI is InChI=1S/C36H39N3O6/c1-36(2,35(42)37-25-13-10-23(11-14-25)34(41)44-4)38-33(40)24-12-16-27-29(20-24)39-18-19-45-30-21-26(43-3)15-17-28(30)32(39)31(27)22-8-6-5-7-9-22/h10-17,20-22H,5-9,18-19H2,1-4H3,(H,37,42)(H,38,40). The summed E-state index contributed by atoms with van der Waals surface area (Å²) in [5, 5.41) is 6.90. The van der Waals surface area contributed by atoms with E-state index in [2.05, 4.69) is 27.3 Å². The van der Waals surface area contributed by atoms with E-state index < -0.39 is 11.5 Å². The molecule has 2 heterocycles. The van der Waals surface area contributed by atoms with Gasteiger partial charge in [0.2, 0.25) is 5.91 Å². The summed E-state index contributed by atoms with van der Waals surface area (Å²) in [5.74, 6) is 0.792. The molecule has 1 fully saturated rings. The Morgan fingerprint density at radius 3 is 2.36 bits per heavy atom. The number of fused-ring (bicyclic) bond motifs is 5. The molecule has 2 amide bonds. The van der Waals surface area contributed by atoms with Crippen LogP contribution >= 0.6 is 0 Å². The van der Waals surface area contributed by atoms with Gasteiger partial charge in [-0.1, -0.05) is 25.3 Å². The fourth-order valence-corrected chi connectivity index (χ4v) is 6.54. The maximum Gasteiger partial charge on any atom is 0.337 e. The van der Waals surface area contributed by atoms with E-state index in [1.165, 1.54) is 31.9 Å². The van der Waals surface area contributed by atoms with Crippen LogP contribution in [0.25, 0.3) is 22.2 Å². The minimum Gasteiger partial charge on any atom is -0.497 e. The molecule has 1 aromatic heterocycles. The number of esters is 1. The summed E-state index contributed by atoms with van der Waals surface area (Å²) < 4.78 is 18.7. The van der Waals surface area contributed by atoms with Crippen molar-refractivity contribution in [3.05, 3.63) is 77.4 Å². The Morgan fingerprint density at radius 1 is 0.911 bits per heavy atom. The van der Waals surface area contributed by atoms with Gasteiger partial charge in [0.15, 0.2) is 0 Å². The summed E-state index contributed by atoms with van der Waals surface area (Å²) in [5.41, 5.74) is 4.63. The van der Waals surface area contributed by atoms with Gasteiger partial charge in [0.25, 0.3) is 5.91 Å². The molecule has 6 rings (SSSR count). The number of carbonyl (C=O) groups excluding carboxylic acids is 3. The molecule has 0 bridgehead atoms. The molecule has 2 N–H and O–H groups in total. The number of nitrogens with one attached hydrogen (secondary N) is 2. The van der Waals surface area contributed by atoms with E-state index in [4.69, 9.17) is 14.2 Å². The van der Waals surface area contributed by atoms with Crippen molar-refractivity contribution < 1.29 is 28.6 Å². The predicted octanol–water partition coefficient (Wildman–Crippen LogP) is 6.69. The number of amides is 2. The Kier molecular flexibility index (Phi) is 8.27. The summed E-state index contributed by atoms with van der Waals surface area (Å²) in [6.07, 6.45) is 5.93. The first-order chi connectivity index (χ1) is 21.7. The number of aromatic nitrogens is 1. The zero-order chi connectivity index (χ0) is 31.7. The first-order valence-corrected chi connectivity index (χ1v) is 15.5. The average molecular weight is 610 g/mol. The lowest BCUT2D eigenvalue weighted by Crippen LogP contribution is -2.52. The van der Waals surface area contributed by atoms with E-state index >= 15 is 0 Å². The minimum absolute atomic E-state index is 0.345. The molecule has 0 atom stereocenters. The van der Waals surface area contributed by atoms with Gasteiger partial charge in [0, 0.05) is 33.8 Å². The van der Waals surface area contributed by atoms with E-state index in [1.54, 1.807) is 45.2 Å². The molecule has 3 aromatic carbocycles. The Balaban J connectivity index is 1.31. The number of methoxy groups -OCH3 is 2. The van der Waals surface area contributed by atoms with Crippen LogP contribution < -0.4 is 20.1 Å². The molecule has 1 aliphatic heterocycles. The number of hydrogen-bond donors (Lipinski definition) is 2. The molecule has 0 unspecified atom stereocenters. The molecule has 4 aromatic rings. The highest BCUT2D eigenvalue weighted by Crippen LogP contribution is 2.47. The van der Waals surface area contributed by atoms with Crippen LogP contribution in [-0.4, -0.2) is 48.7 Å². The van der Waals surface area contributed by atoms with Gasteiger partial charge in [-0.15, -0.1) is 0 Å². The second-order valence-corrected chi connectivity index (χ2v) is 12.3. The number of nitrogens with zero attached hydrogens (tertiary/aromatic N) is 1. The van der Waals surface area contributed by atoms with E-state index in [1.807, 2.05) is 24.3 Å². The van der Waals surface area contributed by atoms with Crippen LogP contribution in [0.4, 0.5) is 5.69 Å². The summed E-state index contributed by atoms with van der Waals surface area (Å²) >= 11 is 0. The van der Waals surface area contributed by atoms with Crippen molar-refractivity contribution in [1.82, 2.24) is 9.88 Å². The molecule has 45 heavy (non-hydrogen) atoms. The molecule has 0 saturated heterocycles.